The standard InChI is InChI=1S/C21H29N3O4S/c1-3-16-5-7-18(8-6-16)29(25,26)24-12-4-11-21(2,15-24)20-22-19(28-23-20)17-9-13-27-14-10-17/h5-8,17H,3-4,9-15H2,1-2H3. The molecule has 29 heavy (non-hydrogen) atoms. The van der Waals surface area contributed by atoms with Gasteiger partial charge >= 0.3 is 0 Å². The van der Waals surface area contributed by atoms with Crippen molar-refractivity contribution in [2.45, 2.75) is 62.2 Å². The molecule has 1 atom stereocenters. The topological polar surface area (TPSA) is 85.5 Å². The Morgan fingerprint density at radius 3 is 2.62 bits per heavy atom. The quantitative estimate of drug-likeness (QED) is 0.739. The van der Waals surface area contributed by atoms with Crippen LogP contribution in [-0.4, -0.2) is 49.2 Å². The van der Waals surface area contributed by atoms with Gasteiger partial charge in [0.1, 0.15) is 0 Å². The largest absolute Gasteiger partial charge is 0.381 e. The molecule has 0 radical (unpaired) electrons. The number of aryl methyl sites for hydroxylation is 1. The third kappa shape index (κ3) is 4.11. The summed E-state index contributed by atoms with van der Waals surface area (Å²) in [5, 5.41) is 4.25. The van der Waals surface area contributed by atoms with E-state index in [4.69, 9.17) is 9.26 Å². The Labute approximate surface area is 172 Å². The van der Waals surface area contributed by atoms with Crippen molar-refractivity contribution in [2.75, 3.05) is 26.3 Å². The molecule has 0 spiro atoms. The van der Waals surface area contributed by atoms with Gasteiger partial charge in [-0.1, -0.05) is 31.1 Å². The molecule has 0 saturated carbocycles. The first-order valence-corrected chi connectivity index (χ1v) is 11.9. The van der Waals surface area contributed by atoms with Crippen LogP contribution < -0.4 is 0 Å². The van der Waals surface area contributed by atoms with E-state index in [9.17, 15) is 8.42 Å². The summed E-state index contributed by atoms with van der Waals surface area (Å²) in [5.41, 5.74) is 0.668. The zero-order valence-corrected chi connectivity index (χ0v) is 18.0. The van der Waals surface area contributed by atoms with E-state index in [1.54, 1.807) is 16.4 Å². The highest BCUT2D eigenvalue weighted by Crippen LogP contribution is 2.36. The normalized spacial score (nSPS) is 24.6. The summed E-state index contributed by atoms with van der Waals surface area (Å²) < 4.78 is 39.0. The van der Waals surface area contributed by atoms with Crippen LogP contribution in [0.4, 0.5) is 0 Å². The van der Waals surface area contributed by atoms with Gasteiger partial charge in [-0.25, -0.2) is 8.42 Å². The Kier molecular flexibility index (Phi) is 5.77. The fourth-order valence-electron chi connectivity index (χ4n) is 4.22. The second-order valence-electron chi connectivity index (χ2n) is 8.34. The fraction of sp³-hybridized carbons (Fsp3) is 0.619. The van der Waals surface area contributed by atoms with Crippen molar-refractivity contribution in [3.8, 4) is 0 Å². The number of nitrogens with zero attached hydrogens (tertiary/aromatic N) is 3. The number of hydrogen-bond acceptors (Lipinski definition) is 6. The van der Waals surface area contributed by atoms with E-state index in [1.165, 1.54) is 0 Å². The van der Waals surface area contributed by atoms with Crippen LogP contribution in [0.1, 0.15) is 62.7 Å². The highest BCUT2D eigenvalue weighted by atomic mass is 32.2. The number of rotatable bonds is 5. The molecule has 7 nitrogen and oxygen atoms in total. The molecule has 2 saturated heterocycles. The summed E-state index contributed by atoms with van der Waals surface area (Å²) in [5.74, 6) is 1.49. The number of sulfonamides is 1. The van der Waals surface area contributed by atoms with Crippen molar-refractivity contribution in [3.05, 3.63) is 41.5 Å². The Morgan fingerprint density at radius 2 is 1.93 bits per heavy atom. The second-order valence-corrected chi connectivity index (χ2v) is 10.3. The summed E-state index contributed by atoms with van der Waals surface area (Å²) in [6.07, 6.45) is 4.25. The van der Waals surface area contributed by atoms with Crippen molar-refractivity contribution in [1.82, 2.24) is 14.4 Å². The first-order valence-electron chi connectivity index (χ1n) is 10.4. The van der Waals surface area contributed by atoms with E-state index >= 15 is 0 Å². The molecule has 2 aliphatic heterocycles. The van der Waals surface area contributed by atoms with E-state index in [2.05, 4.69) is 17.1 Å². The number of hydrogen-bond donors (Lipinski definition) is 0. The van der Waals surface area contributed by atoms with Gasteiger partial charge in [-0.15, -0.1) is 0 Å². The summed E-state index contributed by atoms with van der Waals surface area (Å²) in [7, 11) is -3.55. The predicted molar refractivity (Wildman–Crippen MR) is 108 cm³/mol. The maximum atomic E-state index is 13.2. The van der Waals surface area contributed by atoms with Crippen molar-refractivity contribution in [1.29, 1.82) is 0 Å². The van der Waals surface area contributed by atoms with Crippen molar-refractivity contribution in [2.24, 2.45) is 0 Å². The third-order valence-electron chi connectivity index (χ3n) is 6.18. The number of aromatic nitrogens is 2. The molecule has 0 aliphatic carbocycles. The Hall–Kier alpha value is -1.77. The molecule has 2 aromatic rings. The molecule has 3 heterocycles. The van der Waals surface area contributed by atoms with Crippen LogP contribution in [0.5, 0.6) is 0 Å². The summed E-state index contributed by atoms with van der Waals surface area (Å²) in [4.78, 5) is 5.03. The SMILES string of the molecule is CCc1ccc(S(=O)(=O)N2CCCC(C)(c3noc(C4CCOCC4)n3)C2)cc1. The van der Waals surface area contributed by atoms with Crippen molar-refractivity contribution in [3.63, 3.8) is 0 Å². The first-order chi connectivity index (χ1) is 13.9. The van der Waals surface area contributed by atoms with Crippen LogP contribution in [0.15, 0.2) is 33.7 Å². The zero-order valence-electron chi connectivity index (χ0n) is 17.1. The van der Waals surface area contributed by atoms with Gasteiger partial charge in [0.25, 0.3) is 0 Å². The Bertz CT molecular complexity index is 935. The van der Waals surface area contributed by atoms with E-state index in [0.29, 0.717) is 42.9 Å². The van der Waals surface area contributed by atoms with E-state index in [-0.39, 0.29) is 5.92 Å². The van der Waals surface area contributed by atoms with E-state index < -0.39 is 15.4 Å². The lowest BCUT2D eigenvalue weighted by molar-refractivity contribution is 0.0778. The minimum atomic E-state index is -3.55. The molecule has 8 heteroatoms. The monoisotopic (exact) mass is 419 g/mol. The lowest BCUT2D eigenvalue weighted by Gasteiger charge is -2.37. The lowest BCUT2D eigenvalue weighted by Crippen LogP contribution is -2.47. The average molecular weight is 420 g/mol. The lowest BCUT2D eigenvalue weighted by atomic mass is 9.82. The second kappa shape index (κ2) is 8.16. The van der Waals surface area contributed by atoms with Gasteiger partial charge in [0.05, 0.1) is 4.90 Å². The van der Waals surface area contributed by atoms with Crippen LogP contribution in [0.3, 0.4) is 0 Å². The van der Waals surface area contributed by atoms with Gasteiger partial charge in [-0.05, 0) is 49.8 Å². The molecule has 1 aromatic heterocycles. The molecule has 2 aliphatic rings. The average Bonchev–Trinajstić information content (AvgIpc) is 3.26. The Morgan fingerprint density at radius 1 is 1.21 bits per heavy atom. The fourth-order valence-corrected chi connectivity index (χ4v) is 5.82. The molecule has 2 fully saturated rings. The molecule has 1 aromatic carbocycles. The molecule has 4 rings (SSSR count). The van der Waals surface area contributed by atoms with Crippen LogP contribution in [0.2, 0.25) is 0 Å². The van der Waals surface area contributed by atoms with Crippen LogP contribution in [0.25, 0.3) is 0 Å². The van der Waals surface area contributed by atoms with Gasteiger partial charge in [0.15, 0.2) is 5.82 Å². The molecule has 0 N–H and O–H groups in total. The van der Waals surface area contributed by atoms with Crippen LogP contribution >= 0.6 is 0 Å². The molecule has 0 amide bonds. The van der Waals surface area contributed by atoms with Gasteiger partial charge in [0.2, 0.25) is 15.9 Å². The molecular formula is C21H29N3O4S. The summed E-state index contributed by atoms with van der Waals surface area (Å²) in [6, 6.07) is 7.18. The molecule has 0 bridgehead atoms. The number of benzene rings is 1. The van der Waals surface area contributed by atoms with Crippen molar-refractivity contribution < 1.29 is 17.7 Å². The maximum Gasteiger partial charge on any atom is 0.243 e. The van der Waals surface area contributed by atoms with Crippen molar-refractivity contribution >= 4 is 10.0 Å². The third-order valence-corrected chi connectivity index (χ3v) is 8.04. The van der Waals surface area contributed by atoms with Gasteiger partial charge in [-0.3, -0.25) is 0 Å². The first kappa shape index (κ1) is 20.5. The van der Waals surface area contributed by atoms with E-state index in [0.717, 1.165) is 37.7 Å². The maximum absolute atomic E-state index is 13.2. The highest BCUT2D eigenvalue weighted by molar-refractivity contribution is 7.89. The van der Waals surface area contributed by atoms with Gasteiger partial charge < -0.3 is 9.26 Å². The van der Waals surface area contributed by atoms with Gasteiger partial charge in [0, 0.05) is 37.6 Å². The smallest absolute Gasteiger partial charge is 0.243 e. The minimum Gasteiger partial charge on any atom is -0.381 e. The molecular weight excluding hydrogens is 390 g/mol. The summed E-state index contributed by atoms with van der Waals surface area (Å²) in [6.45, 7) is 6.38. The zero-order chi connectivity index (χ0) is 20.5. The minimum absolute atomic E-state index is 0.231. The van der Waals surface area contributed by atoms with Gasteiger partial charge in [-0.2, -0.15) is 9.29 Å². The molecule has 1 unspecified atom stereocenters. The van der Waals surface area contributed by atoms with Crippen LogP contribution in [0, 0.1) is 0 Å². The summed E-state index contributed by atoms with van der Waals surface area (Å²) >= 11 is 0. The van der Waals surface area contributed by atoms with E-state index in [1.807, 2.05) is 19.1 Å². The van der Waals surface area contributed by atoms with Crippen LogP contribution in [-0.2, 0) is 26.6 Å². The number of piperidine rings is 1. The highest BCUT2D eigenvalue weighted by Gasteiger charge is 2.41. The number of ether oxygens (including phenoxy) is 1. The molecule has 158 valence electrons. The predicted octanol–water partition coefficient (Wildman–Crippen LogP) is 3.27. The Balaban J connectivity index is 1.54.